The molecule has 0 radical (unpaired) electrons. The van der Waals surface area contributed by atoms with Crippen LogP contribution in [-0.2, 0) is 11.3 Å². The third kappa shape index (κ3) is 6.78. The van der Waals surface area contributed by atoms with Crippen molar-refractivity contribution in [1.29, 1.82) is 0 Å². The number of rotatable bonds is 8. The maximum atomic E-state index is 13.0. The number of hydrogen-bond donors (Lipinski definition) is 3. The van der Waals surface area contributed by atoms with Gasteiger partial charge in [-0.15, -0.1) is 0 Å². The van der Waals surface area contributed by atoms with Crippen LogP contribution in [0.25, 0.3) is 0 Å². The van der Waals surface area contributed by atoms with E-state index in [1.165, 1.54) is 12.1 Å². The summed E-state index contributed by atoms with van der Waals surface area (Å²) in [4.78, 5) is 27.1. The van der Waals surface area contributed by atoms with E-state index in [1.807, 2.05) is 25.8 Å². The van der Waals surface area contributed by atoms with Gasteiger partial charge in [-0.25, -0.2) is 9.18 Å². The minimum Gasteiger partial charge on any atom is -0.341 e. The molecule has 0 spiro atoms. The van der Waals surface area contributed by atoms with E-state index in [0.29, 0.717) is 5.92 Å². The van der Waals surface area contributed by atoms with Gasteiger partial charge in [0.15, 0.2) is 0 Å². The van der Waals surface area contributed by atoms with E-state index < -0.39 is 6.04 Å². The third-order valence-electron chi connectivity index (χ3n) is 5.31. The first-order chi connectivity index (χ1) is 13.4. The molecule has 1 aromatic carbocycles. The second kappa shape index (κ2) is 11.0. The highest BCUT2D eigenvalue weighted by Gasteiger charge is 2.31. The van der Waals surface area contributed by atoms with Crippen LogP contribution in [0, 0.1) is 17.7 Å². The van der Waals surface area contributed by atoms with Crippen LogP contribution in [-0.4, -0.2) is 49.6 Å². The quantitative estimate of drug-likeness (QED) is 0.636. The second-order valence-electron chi connectivity index (χ2n) is 7.84. The normalized spacial score (nSPS) is 16.1. The molecule has 1 heterocycles. The van der Waals surface area contributed by atoms with Crippen molar-refractivity contribution in [1.82, 2.24) is 20.9 Å². The molecule has 1 unspecified atom stereocenters. The van der Waals surface area contributed by atoms with Gasteiger partial charge >= 0.3 is 6.03 Å². The predicted molar refractivity (Wildman–Crippen MR) is 108 cm³/mol. The zero-order valence-electron chi connectivity index (χ0n) is 17.1. The Hall–Kier alpha value is -2.15. The molecular weight excluding hydrogens is 359 g/mol. The molecule has 0 aromatic heterocycles. The molecule has 3 N–H and O–H groups in total. The summed E-state index contributed by atoms with van der Waals surface area (Å²) >= 11 is 0. The molecule has 1 saturated heterocycles. The summed E-state index contributed by atoms with van der Waals surface area (Å²) in [6, 6.07) is 5.02. The van der Waals surface area contributed by atoms with Crippen molar-refractivity contribution in [3.05, 3.63) is 35.6 Å². The van der Waals surface area contributed by atoms with E-state index in [4.69, 9.17) is 0 Å². The Morgan fingerprint density at radius 3 is 2.39 bits per heavy atom. The van der Waals surface area contributed by atoms with Crippen molar-refractivity contribution in [2.75, 3.05) is 26.7 Å². The van der Waals surface area contributed by atoms with Crippen molar-refractivity contribution in [3.8, 4) is 0 Å². The third-order valence-corrected chi connectivity index (χ3v) is 5.31. The van der Waals surface area contributed by atoms with Crippen LogP contribution in [0.15, 0.2) is 24.3 Å². The van der Waals surface area contributed by atoms with Crippen LogP contribution >= 0.6 is 0 Å². The smallest absolute Gasteiger partial charge is 0.315 e. The zero-order chi connectivity index (χ0) is 20.5. The average molecular weight is 393 g/mol. The number of carbonyl (C=O) groups is 2. The molecule has 28 heavy (non-hydrogen) atoms. The Balaban J connectivity index is 1.83. The number of likely N-dealkylation sites (tertiary alicyclic amines) is 1. The summed E-state index contributed by atoms with van der Waals surface area (Å²) in [7, 11) is 1.96. The van der Waals surface area contributed by atoms with Gasteiger partial charge in [-0.05, 0) is 62.4 Å². The Labute approximate surface area is 167 Å². The molecule has 2 rings (SSSR count). The minimum absolute atomic E-state index is 0.00825. The summed E-state index contributed by atoms with van der Waals surface area (Å²) in [6.07, 6.45) is 3.15. The minimum atomic E-state index is -0.554. The Bertz CT molecular complexity index is 628. The van der Waals surface area contributed by atoms with E-state index in [1.54, 1.807) is 12.1 Å². The fourth-order valence-electron chi connectivity index (χ4n) is 3.48. The van der Waals surface area contributed by atoms with Gasteiger partial charge < -0.3 is 20.9 Å². The van der Waals surface area contributed by atoms with Crippen LogP contribution < -0.4 is 16.0 Å². The van der Waals surface area contributed by atoms with Gasteiger partial charge in [-0.3, -0.25) is 4.79 Å². The Morgan fingerprint density at radius 1 is 1.18 bits per heavy atom. The van der Waals surface area contributed by atoms with E-state index >= 15 is 0 Å². The highest BCUT2D eigenvalue weighted by Crippen LogP contribution is 2.21. The van der Waals surface area contributed by atoms with E-state index in [9.17, 15) is 14.0 Å². The van der Waals surface area contributed by atoms with Crippen molar-refractivity contribution in [2.45, 2.75) is 45.7 Å². The topological polar surface area (TPSA) is 73.5 Å². The monoisotopic (exact) mass is 392 g/mol. The van der Waals surface area contributed by atoms with Gasteiger partial charge in [-0.1, -0.05) is 26.0 Å². The molecule has 1 atom stereocenters. The number of piperidine rings is 1. The lowest BCUT2D eigenvalue weighted by Gasteiger charge is -2.35. The summed E-state index contributed by atoms with van der Waals surface area (Å²) < 4.78 is 13.0. The van der Waals surface area contributed by atoms with Crippen LogP contribution in [0.2, 0.25) is 0 Å². The summed E-state index contributed by atoms with van der Waals surface area (Å²) in [5.41, 5.74) is 0.799. The van der Waals surface area contributed by atoms with Crippen molar-refractivity contribution < 1.29 is 14.0 Å². The number of amides is 3. The largest absolute Gasteiger partial charge is 0.341 e. The van der Waals surface area contributed by atoms with E-state index in [-0.39, 0.29) is 30.2 Å². The highest BCUT2D eigenvalue weighted by molar-refractivity contribution is 5.87. The van der Waals surface area contributed by atoms with Gasteiger partial charge in [0.1, 0.15) is 11.9 Å². The molecule has 1 fully saturated rings. The maximum absolute atomic E-state index is 13.0. The van der Waals surface area contributed by atoms with Gasteiger partial charge in [0.05, 0.1) is 0 Å². The van der Waals surface area contributed by atoms with Crippen LogP contribution in [0.4, 0.5) is 9.18 Å². The molecule has 0 bridgehead atoms. The molecule has 6 nitrogen and oxygen atoms in total. The number of carbonyl (C=O) groups excluding carboxylic acids is 2. The number of benzene rings is 1. The van der Waals surface area contributed by atoms with Crippen LogP contribution in [0.3, 0.4) is 0 Å². The van der Waals surface area contributed by atoms with Crippen LogP contribution in [0.1, 0.15) is 38.7 Å². The lowest BCUT2D eigenvalue weighted by molar-refractivity contribution is -0.135. The van der Waals surface area contributed by atoms with Gasteiger partial charge in [0.25, 0.3) is 0 Å². The molecule has 7 heteroatoms. The first-order valence-electron chi connectivity index (χ1n) is 10.1. The number of halogens is 1. The fraction of sp³-hybridized carbons (Fsp3) is 0.619. The van der Waals surface area contributed by atoms with Crippen molar-refractivity contribution >= 4 is 11.9 Å². The highest BCUT2D eigenvalue weighted by atomic mass is 19.1. The second-order valence-corrected chi connectivity index (χ2v) is 7.84. The van der Waals surface area contributed by atoms with Gasteiger partial charge in [0.2, 0.25) is 5.91 Å². The maximum Gasteiger partial charge on any atom is 0.315 e. The van der Waals surface area contributed by atoms with Crippen LogP contribution in [0.5, 0.6) is 0 Å². The molecule has 0 aliphatic carbocycles. The summed E-state index contributed by atoms with van der Waals surface area (Å²) in [6.45, 7) is 6.64. The standard InChI is InChI=1S/C21H33FN4O2/c1-15(2)19(20(27)26-12-9-16(10-13-26)8-11-23-3)25-21(28)24-14-17-4-6-18(22)7-5-17/h4-7,15-16,19,23H,8-14H2,1-3H3,(H2,24,25,28). The molecule has 1 aromatic rings. The van der Waals surface area contributed by atoms with Crippen molar-refractivity contribution in [3.63, 3.8) is 0 Å². The SMILES string of the molecule is CNCCC1CCN(C(=O)C(NC(=O)NCc2ccc(F)cc2)C(C)C)CC1. The molecule has 156 valence electrons. The van der Waals surface area contributed by atoms with E-state index in [0.717, 1.165) is 44.5 Å². The Morgan fingerprint density at radius 2 is 1.82 bits per heavy atom. The first kappa shape index (κ1) is 22.1. The fourth-order valence-corrected chi connectivity index (χ4v) is 3.48. The predicted octanol–water partition coefficient (Wildman–Crippen LogP) is 2.50. The number of nitrogens with one attached hydrogen (secondary N) is 3. The van der Waals surface area contributed by atoms with Gasteiger partial charge in [-0.2, -0.15) is 0 Å². The lowest BCUT2D eigenvalue weighted by atomic mass is 9.92. The molecule has 1 aliphatic heterocycles. The number of nitrogens with zero attached hydrogens (tertiary/aromatic N) is 1. The van der Waals surface area contributed by atoms with Crippen molar-refractivity contribution in [2.24, 2.45) is 11.8 Å². The molecular formula is C21H33FN4O2. The summed E-state index contributed by atoms with van der Waals surface area (Å²) in [5, 5.41) is 8.73. The Kier molecular flexibility index (Phi) is 8.70. The molecule has 0 saturated carbocycles. The lowest BCUT2D eigenvalue weighted by Crippen LogP contribution is -2.54. The number of hydrogen-bond acceptors (Lipinski definition) is 3. The van der Waals surface area contributed by atoms with E-state index in [2.05, 4.69) is 16.0 Å². The molecule has 3 amide bonds. The first-order valence-corrected chi connectivity index (χ1v) is 10.1. The molecule has 1 aliphatic rings. The average Bonchev–Trinajstić information content (AvgIpc) is 2.69. The van der Waals surface area contributed by atoms with Gasteiger partial charge in [0, 0.05) is 19.6 Å². The zero-order valence-corrected chi connectivity index (χ0v) is 17.1. The summed E-state index contributed by atoms with van der Waals surface area (Å²) in [5.74, 6) is 0.319. The number of urea groups is 1.